The number of methoxy groups -OCH3 is 1. The average Bonchev–Trinajstić information content (AvgIpc) is 2.56. The summed E-state index contributed by atoms with van der Waals surface area (Å²) in [5.41, 5.74) is 6.90. The van der Waals surface area contributed by atoms with Gasteiger partial charge in [0.1, 0.15) is 5.75 Å². The number of amides is 3. The maximum absolute atomic E-state index is 12.0. The number of carbonyl (C=O) groups excluding carboxylic acids is 2. The van der Waals surface area contributed by atoms with Crippen molar-refractivity contribution in [3.05, 3.63) is 48.5 Å². The fraction of sp³-hybridized carbons (Fsp3) is 0.125. The van der Waals surface area contributed by atoms with Crippen LogP contribution in [-0.4, -0.2) is 25.6 Å². The number of ether oxygens (including phenoxy) is 1. The summed E-state index contributed by atoms with van der Waals surface area (Å²) in [7, 11) is 1.49. The number of rotatable bonds is 5. The van der Waals surface area contributed by atoms with Crippen LogP contribution in [0.25, 0.3) is 0 Å². The molecular weight excluding hydrogens is 296 g/mol. The van der Waals surface area contributed by atoms with E-state index < -0.39 is 6.03 Å². The fourth-order valence-electron chi connectivity index (χ4n) is 1.90. The minimum atomic E-state index is -0.391. The third-order valence-corrected chi connectivity index (χ3v) is 2.95. The Labute approximate surface area is 133 Å². The molecule has 2 aromatic carbocycles. The minimum absolute atomic E-state index is 0.144. The van der Waals surface area contributed by atoms with Gasteiger partial charge in [-0.3, -0.25) is 4.79 Å². The predicted octanol–water partition coefficient (Wildman–Crippen LogP) is 2.24. The Morgan fingerprint density at radius 3 is 2.35 bits per heavy atom. The van der Waals surface area contributed by atoms with Gasteiger partial charge < -0.3 is 26.4 Å². The summed E-state index contributed by atoms with van der Waals surface area (Å²) >= 11 is 0. The molecule has 3 amide bonds. The third-order valence-electron chi connectivity index (χ3n) is 2.95. The van der Waals surface area contributed by atoms with Crippen molar-refractivity contribution in [2.75, 3.05) is 29.6 Å². The monoisotopic (exact) mass is 314 g/mol. The molecular formula is C16H18N4O3. The van der Waals surface area contributed by atoms with Crippen LogP contribution < -0.4 is 26.4 Å². The minimum Gasteiger partial charge on any atom is -0.495 e. The van der Waals surface area contributed by atoms with Crippen molar-refractivity contribution in [3.63, 3.8) is 0 Å². The summed E-state index contributed by atoms with van der Waals surface area (Å²) in [5, 5.41) is 8.00. The zero-order valence-corrected chi connectivity index (χ0v) is 12.6. The van der Waals surface area contributed by atoms with E-state index >= 15 is 0 Å². The van der Waals surface area contributed by atoms with Crippen LogP contribution in [0.15, 0.2) is 48.5 Å². The molecule has 0 aromatic heterocycles. The van der Waals surface area contributed by atoms with Crippen molar-refractivity contribution < 1.29 is 14.3 Å². The first kappa shape index (κ1) is 16.3. The molecule has 0 unspecified atom stereocenters. The number of carbonyl (C=O) groups is 2. The number of anilines is 3. The maximum atomic E-state index is 12.0. The van der Waals surface area contributed by atoms with Crippen molar-refractivity contribution in [3.8, 4) is 5.75 Å². The molecule has 0 saturated heterocycles. The lowest BCUT2D eigenvalue weighted by molar-refractivity contribution is -0.114. The lowest BCUT2D eigenvalue weighted by atomic mass is 10.2. The first-order valence-electron chi connectivity index (χ1n) is 6.93. The molecule has 0 bridgehead atoms. The predicted molar refractivity (Wildman–Crippen MR) is 89.8 cm³/mol. The van der Waals surface area contributed by atoms with Gasteiger partial charge in [-0.1, -0.05) is 18.2 Å². The van der Waals surface area contributed by atoms with Gasteiger partial charge in [-0.2, -0.15) is 0 Å². The highest BCUT2D eigenvalue weighted by molar-refractivity contribution is 6.01. The van der Waals surface area contributed by atoms with E-state index in [1.165, 1.54) is 7.11 Å². The Kier molecular flexibility index (Phi) is 5.54. The van der Waals surface area contributed by atoms with E-state index in [1.807, 2.05) is 18.2 Å². The van der Waals surface area contributed by atoms with E-state index in [2.05, 4.69) is 16.0 Å². The lowest BCUT2D eigenvalue weighted by Gasteiger charge is -2.13. The van der Waals surface area contributed by atoms with Crippen LogP contribution in [0.4, 0.5) is 21.9 Å². The van der Waals surface area contributed by atoms with Crippen LogP contribution in [0.2, 0.25) is 0 Å². The first-order chi connectivity index (χ1) is 11.1. The average molecular weight is 314 g/mol. The van der Waals surface area contributed by atoms with E-state index in [4.69, 9.17) is 10.5 Å². The second kappa shape index (κ2) is 7.81. The van der Waals surface area contributed by atoms with E-state index in [9.17, 15) is 9.59 Å². The standard InChI is InChI=1S/C16H18N4O3/c1-23-14-8-7-12(9-13(14)20-15(21)10-17)19-16(22)18-11-5-3-2-4-6-11/h2-9H,10,17H2,1H3,(H,20,21)(H2,18,19,22). The van der Waals surface area contributed by atoms with Crippen molar-refractivity contribution in [1.29, 1.82) is 0 Å². The van der Waals surface area contributed by atoms with Gasteiger partial charge in [-0.25, -0.2) is 4.79 Å². The van der Waals surface area contributed by atoms with Gasteiger partial charge in [-0.15, -0.1) is 0 Å². The molecule has 0 aliphatic heterocycles. The summed E-state index contributed by atoms with van der Waals surface area (Å²) in [5.74, 6) is 0.120. The third kappa shape index (κ3) is 4.72. The Morgan fingerprint density at radius 2 is 1.70 bits per heavy atom. The van der Waals surface area contributed by atoms with E-state index in [0.29, 0.717) is 22.8 Å². The SMILES string of the molecule is COc1ccc(NC(=O)Nc2ccccc2)cc1NC(=O)CN. The molecule has 7 nitrogen and oxygen atoms in total. The number of nitrogens with one attached hydrogen (secondary N) is 3. The number of hydrogen-bond acceptors (Lipinski definition) is 4. The van der Waals surface area contributed by atoms with Gasteiger partial charge in [0.05, 0.1) is 19.3 Å². The van der Waals surface area contributed by atoms with Gasteiger partial charge in [-0.05, 0) is 30.3 Å². The summed E-state index contributed by atoms with van der Waals surface area (Å²) in [6.45, 7) is -0.144. The van der Waals surface area contributed by atoms with Crippen LogP contribution in [0.5, 0.6) is 5.75 Å². The molecule has 120 valence electrons. The number of benzene rings is 2. The summed E-state index contributed by atoms with van der Waals surface area (Å²) in [4.78, 5) is 23.4. The lowest BCUT2D eigenvalue weighted by Crippen LogP contribution is -2.22. The molecule has 0 saturated carbocycles. The van der Waals surface area contributed by atoms with Crippen molar-refractivity contribution in [1.82, 2.24) is 0 Å². The molecule has 0 radical (unpaired) electrons. The van der Waals surface area contributed by atoms with Gasteiger partial charge in [0.25, 0.3) is 0 Å². The summed E-state index contributed by atoms with van der Waals surface area (Å²) < 4.78 is 5.16. The first-order valence-corrected chi connectivity index (χ1v) is 6.93. The van der Waals surface area contributed by atoms with E-state index in [1.54, 1.807) is 30.3 Å². The largest absolute Gasteiger partial charge is 0.495 e. The number of hydrogen-bond donors (Lipinski definition) is 4. The van der Waals surface area contributed by atoms with Gasteiger partial charge in [0.2, 0.25) is 5.91 Å². The molecule has 0 spiro atoms. The molecule has 23 heavy (non-hydrogen) atoms. The Hall–Kier alpha value is -3.06. The molecule has 7 heteroatoms. The van der Waals surface area contributed by atoms with E-state index in [0.717, 1.165) is 0 Å². The fourth-order valence-corrected chi connectivity index (χ4v) is 1.90. The smallest absolute Gasteiger partial charge is 0.323 e. The molecule has 0 fully saturated rings. The number of urea groups is 1. The molecule has 0 aliphatic carbocycles. The normalized spacial score (nSPS) is 9.83. The van der Waals surface area contributed by atoms with Crippen molar-refractivity contribution >= 4 is 29.0 Å². The highest BCUT2D eigenvalue weighted by Crippen LogP contribution is 2.27. The van der Waals surface area contributed by atoms with Crippen molar-refractivity contribution in [2.24, 2.45) is 5.73 Å². The summed E-state index contributed by atoms with van der Waals surface area (Å²) in [6, 6.07) is 13.6. The van der Waals surface area contributed by atoms with Crippen LogP contribution >= 0.6 is 0 Å². The molecule has 0 atom stereocenters. The highest BCUT2D eigenvalue weighted by atomic mass is 16.5. The summed E-state index contributed by atoms with van der Waals surface area (Å²) in [6.07, 6.45) is 0. The zero-order chi connectivity index (χ0) is 16.7. The van der Waals surface area contributed by atoms with E-state index in [-0.39, 0.29) is 12.5 Å². The molecule has 2 aromatic rings. The van der Waals surface area contributed by atoms with Crippen LogP contribution in [-0.2, 0) is 4.79 Å². The van der Waals surface area contributed by atoms with Crippen molar-refractivity contribution in [2.45, 2.75) is 0 Å². The van der Waals surface area contributed by atoms with Gasteiger partial charge >= 0.3 is 6.03 Å². The number of para-hydroxylation sites is 1. The molecule has 5 N–H and O–H groups in total. The Morgan fingerprint density at radius 1 is 1.00 bits per heavy atom. The van der Waals surface area contributed by atoms with Crippen LogP contribution in [0.1, 0.15) is 0 Å². The van der Waals surface area contributed by atoms with Gasteiger partial charge in [0, 0.05) is 11.4 Å². The Bertz CT molecular complexity index is 689. The quantitative estimate of drug-likeness (QED) is 0.679. The van der Waals surface area contributed by atoms with Crippen LogP contribution in [0.3, 0.4) is 0 Å². The highest BCUT2D eigenvalue weighted by Gasteiger charge is 2.09. The second-order valence-corrected chi connectivity index (χ2v) is 4.61. The topological polar surface area (TPSA) is 105 Å². The van der Waals surface area contributed by atoms with Gasteiger partial charge in [0.15, 0.2) is 0 Å². The second-order valence-electron chi connectivity index (χ2n) is 4.61. The van der Waals surface area contributed by atoms with Crippen LogP contribution in [0, 0.1) is 0 Å². The molecule has 0 aliphatic rings. The maximum Gasteiger partial charge on any atom is 0.323 e. The zero-order valence-electron chi connectivity index (χ0n) is 12.6. The number of nitrogens with two attached hydrogens (primary N) is 1. The molecule has 0 heterocycles. The Balaban J connectivity index is 2.08. The molecule has 2 rings (SSSR count).